The highest BCUT2D eigenvalue weighted by atomic mass is 35.5. The van der Waals surface area contributed by atoms with Gasteiger partial charge in [-0.2, -0.15) is 0 Å². The molecule has 0 N–H and O–H groups in total. The second kappa shape index (κ2) is 10.3. The van der Waals surface area contributed by atoms with Gasteiger partial charge in [0, 0.05) is 37.6 Å². The Morgan fingerprint density at radius 1 is 1.06 bits per heavy atom. The predicted molar refractivity (Wildman–Crippen MR) is 136 cm³/mol. The molecule has 1 fully saturated rings. The molecule has 1 aromatic heterocycles. The van der Waals surface area contributed by atoms with Crippen LogP contribution in [0.15, 0.2) is 36.4 Å². The minimum Gasteiger partial charge on any atom is -0.338 e. The molecule has 1 amide bonds. The summed E-state index contributed by atoms with van der Waals surface area (Å²) < 4.78 is 2.21. The molecule has 0 unspecified atom stereocenters. The van der Waals surface area contributed by atoms with Crippen LogP contribution in [0.1, 0.15) is 55.2 Å². The van der Waals surface area contributed by atoms with E-state index in [0.717, 1.165) is 73.0 Å². The minimum atomic E-state index is -0.257. The molecule has 0 aliphatic carbocycles. The molecule has 1 aliphatic heterocycles. The first-order valence-electron chi connectivity index (χ1n) is 12.2. The van der Waals surface area contributed by atoms with Gasteiger partial charge in [-0.25, -0.2) is 4.98 Å². The van der Waals surface area contributed by atoms with Crippen molar-refractivity contribution in [3.05, 3.63) is 63.9 Å². The fraction of sp³-hybridized carbons (Fsp3) is 0.481. The van der Waals surface area contributed by atoms with E-state index in [0.29, 0.717) is 6.42 Å². The molecule has 1 saturated heterocycles. The number of halogens is 1. The molecule has 2 heterocycles. The van der Waals surface area contributed by atoms with Gasteiger partial charge in [-0.15, -0.1) is 0 Å². The van der Waals surface area contributed by atoms with Gasteiger partial charge in [0.1, 0.15) is 11.9 Å². The van der Waals surface area contributed by atoms with E-state index >= 15 is 0 Å². The van der Waals surface area contributed by atoms with E-state index in [9.17, 15) is 4.79 Å². The number of fused-ring (bicyclic) bond motifs is 1. The standard InChI is InChI=1S/C27H35ClN4O/c1-5-9-24(27(33)31-14-12-30(6-2)13-15-31)32-25-17-20(4)19(3)16-23(25)29-26(32)18-21-10-7-8-11-22(21)28/h7-8,10-11,16-17,24H,5-6,9,12-15,18H2,1-4H3/t24-/m0/s1. The average Bonchev–Trinajstić information content (AvgIpc) is 3.15. The van der Waals surface area contributed by atoms with E-state index in [1.54, 1.807) is 0 Å². The molecule has 1 atom stereocenters. The Bertz CT molecular complexity index is 1130. The van der Waals surface area contributed by atoms with Crippen LogP contribution in [0.5, 0.6) is 0 Å². The molecule has 33 heavy (non-hydrogen) atoms. The Kier molecular flexibility index (Phi) is 7.40. The number of rotatable bonds is 7. The van der Waals surface area contributed by atoms with E-state index in [2.05, 4.69) is 54.2 Å². The number of hydrogen-bond acceptors (Lipinski definition) is 3. The Morgan fingerprint density at radius 2 is 1.76 bits per heavy atom. The maximum atomic E-state index is 13.9. The first kappa shape index (κ1) is 23.8. The first-order chi connectivity index (χ1) is 15.9. The van der Waals surface area contributed by atoms with Crippen LogP contribution >= 0.6 is 11.6 Å². The summed E-state index contributed by atoms with van der Waals surface area (Å²) >= 11 is 6.51. The molecule has 6 heteroatoms. The number of aryl methyl sites for hydroxylation is 2. The van der Waals surface area contributed by atoms with Gasteiger partial charge >= 0.3 is 0 Å². The highest BCUT2D eigenvalue weighted by molar-refractivity contribution is 6.31. The van der Waals surface area contributed by atoms with E-state index < -0.39 is 0 Å². The molecule has 0 saturated carbocycles. The summed E-state index contributed by atoms with van der Waals surface area (Å²) in [7, 11) is 0. The minimum absolute atomic E-state index is 0.213. The quantitative estimate of drug-likeness (QED) is 0.468. The van der Waals surface area contributed by atoms with Gasteiger partial charge in [-0.1, -0.05) is 50.1 Å². The molecule has 0 spiro atoms. The van der Waals surface area contributed by atoms with Gasteiger partial charge in [-0.3, -0.25) is 4.79 Å². The zero-order valence-corrected chi connectivity index (χ0v) is 21.0. The molecule has 0 bridgehead atoms. The van der Waals surface area contributed by atoms with Crippen molar-refractivity contribution in [2.24, 2.45) is 0 Å². The van der Waals surface area contributed by atoms with Crippen molar-refractivity contribution in [3.63, 3.8) is 0 Å². The molecule has 176 valence electrons. The zero-order valence-electron chi connectivity index (χ0n) is 20.3. The van der Waals surface area contributed by atoms with Crippen LogP contribution in [0.25, 0.3) is 11.0 Å². The third kappa shape index (κ3) is 4.95. The lowest BCUT2D eigenvalue weighted by molar-refractivity contribution is -0.136. The highest BCUT2D eigenvalue weighted by Gasteiger charge is 2.31. The number of imidazole rings is 1. The van der Waals surface area contributed by atoms with E-state index in [1.807, 2.05) is 24.3 Å². The zero-order chi connectivity index (χ0) is 23.5. The molecule has 0 radical (unpaired) electrons. The lowest BCUT2D eigenvalue weighted by atomic mass is 10.1. The molecule has 3 aromatic rings. The normalized spacial score (nSPS) is 15.8. The van der Waals surface area contributed by atoms with Gasteiger partial charge in [0.15, 0.2) is 0 Å². The van der Waals surface area contributed by atoms with Crippen molar-refractivity contribution in [3.8, 4) is 0 Å². The Balaban J connectivity index is 1.78. The maximum Gasteiger partial charge on any atom is 0.245 e. The molecule has 1 aliphatic rings. The number of carbonyl (C=O) groups excluding carboxylic acids is 1. The Hall–Kier alpha value is -2.37. The second-order valence-electron chi connectivity index (χ2n) is 9.16. The molecular weight excluding hydrogens is 432 g/mol. The number of nitrogens with zero attached hydrogens (tertiary/aromatic N) is 4. The van der Waals surface area contributed by atoms with Gasteiger partial charge in [-0.05, 0) is 61.7 Å². The Morgan fingerprint density at radius 3 is 2.42 bits per heavy atom. The van der Waals surface area contributed by atoms with Crippen LogP contribution < -0.4 is 0 Å². The van der Waals surface area contributed by atoms with Crippen LogP contribution in [0.2, 0.25) is 5.02 Å². The summed E-state index contributed by atoms with van der Waals surface area (Å²) in [6, 6.07) is 12.0. The van der Waals surface area contributed by atoms with Gasteiger partial charge in [0.25, 0.3) is 0 Å². The van der Waals surface area contributed by atoms with E-state index in [-0.39, 0.29) is 11.9 Å². The van der Waals surface area contributed by atoms with Gasteiger partial charge in [0.05, 0.1) is 11.0 Å². The number of benzene rings is 2. The number of likely N-dealkylation sites (N-methyl/N-ethyl adjacent to an activating group) is 1. The molecule has 5 nitrogen and oxygen atoms in total. The largest absolute Gasteiger partial charge is 0.338 e. The first-order valence-corrected chi connectivity index (χ1v) is 12.5. The molecular formula is C27H35ClN4O. The molecule has 4 rings (SSSR count). The smallest absolute Gasteiger partial charge is 0.245 e. The average molecular weight is 467 g/mol. The van der Waals surface area contributed by atoms with Crippen LogP contribution in [-0.4, -0.2) is 58.0 Å². The number of piperazine rings is 1. The van der Waals surface area contributed by atoms with Gasteiger partial charge in [0.2, 0.25) is 5.91 Å². The summed E-state index contributed by atoms with van der Waals surface area (Å²) in [6.07, 6.45) is 2.33. The van der Waals surface area contributed by atoms with Crippen molar-refractivity contribution >= 4 is 28.5 Å². The number of amides is 1. The van der Waals surface area contributed by atoms with Crippen molar-refractivity contribution in [1.82, 2.24) is 19.4 Å². The van der Waals surface area contributed by atoms with Crippen molar-refractivity contribution in [2.75, 3.05) is 32.7 Å². The van der Waals surface area contributed by atoms with Crippen LogP contribution in [-0.2, 0) is 11.2 Å². The lowest BCUT2D eigenvalue weighted by Gasteiger charge is -2.36. The third-order valence-electron chi connectivity index (χ3n) is 6.97. The topological polar surface area (TPSA) is 41.4 Å². The summed E-state index contributed by atoms with van der Waals surface area (Å²) in [5, 5.41) is 0.734. The number of carbonyl (C=O) groups is 1. The Labute approximate surface area is 202 Å². The van der Waals surface area contributed by atoms with Crippen LogP contribution in [0, 0.1) is 13.8 Å². The van der Waals surface area contributed by atoms with Crippen molar-refractivity contribution in [2.45, 2.75) is 53.0 Å². The van der Waals surface area contributed by atoms with E-state index in [1.165, 1.54) is 11.1 Å². The summed E-state index contributed by atoms with van der Waals surface area (Å²) in [4.78, 5) is 23.4. The van der Waals surface area contributed by atoms with Crippen molar-refractivity contribution in [1.29, 1.82) is 0 Å². The van der Waals surface area contributed by atoms with Crippen molar-refractivity contribution < 1.29 is 4.79 Å². The molecule has 2 aromatic carbocycles. The number of aromatic nitrogens is 2. The van der Waals surface area contributed by atoms with E-state index in [4.69, 9.17) is 16.6 Å². The SMILES string of the molecule is CCC[C@@H](C(=O)N1CCN(CC)CC1)n1c(Cc2ccccc2Cl)nc2cc(C)c(C)cc21. The second-order valence-corrected chi connectivity index (χ2v) is 9.56. The summed E-state index contributed by atoms with van der Waals surface area (Å²) in [5.74, 6) is 1.12. The van der Waals surface area contributed by atoms with Crippen LogP contribution in [0.4, 0.5) is 0 Å². The van der Waals surface area contributed by atoms with Crippen LogP contribution in [0.3, 0.4) is 0 Å². The maximum absolute atomic E-state index is 13.9. The number of hydrogen-bond donors (Lipinski definition) is 0. The monoisotopic (exact) mass is 466 g/mol. The third-order valence-corrected chi connectivity index (χ3v) is 7.34. The fourth-order valence-electron chi connectivity index (χ4n) is 4.82. The summed E-state index contributed by atoms with van der Waals surface area (Å²) in [5.41, 5.74) is 5.45. The fourth-order valence-corrected chi connectivity index (χ4v) is 5.02. The lowest BCUT2D eigenvalue weighted by Crippen LogP contribution is -2.50. The predicted octanol–water partition coefficient (Wildman–Crippen LogP) is 5.40. The van der Waals surface area contributed by atoms with Gasteiger partial charge < -0.3 is 14.4 Å². The highest BCUT2D eigenvalue weighted by Crippen LogP contribution is 2.30. The summed E-state index contributed by atoms with van der Waals surface area (Å²) in [6.45, 7) is 13.1.